The maximum Gasteiger partial charge on any atom is 0.269 e. The molecule has 0 saturated heterocycles. The molecule has 0 radical (unpaired) electrons. The van der Waals surface area contributed by atoms with Crippen molar-refractivity contribution >= 4 is 54.9 Å². The maximum atomic E-state index is 13.9. The number of rotatable bonds is 10. The molecular formula is C30H29N3O8S2. The molecular weight excluding hydrogens is 594 g/mol. The van der Waals surface area contributed by atoms with E-state index in [1.54, 1.807) is 56.3 Å². The predicted molar refractivity (Wildman–Crippen MR) is 163 cm³/mol. The summed E-state index contributed by atoms with van der Waals surface area (Å²) in [5.74, 6) is -1.83. The number of nitrogens with zero attached hydrogens (tertiary/aromatic N) is 2. The molecule has 0 aliphatic carbocycles. The van der Waals surface area contributed by atoms with E-state index < -0.39 is 45.4 Å². The fourth-order valence-corrected chi connectivity index (χ4v) is 7.01. The van der Waals surface area contributed by atoms with Gasteiger partial charge in [0, 0.05) is 6.26 Å². The van der Waals surface area contributed by atoms with Crippen molar-refractivity contribution in [2.45, 2.75) is 25.9 Å². The molecule has 4 aromatic rings. The van der Waals surface area contributed by atoms with Crippen LogP contribution in [0.15, 0.2) is 65.5 Å². The van der Waals surface area contributed by atoms with Gasteiger partial charge in [0.15, 0.2) is 11.5 Å². The fraction of sp³-hybridized carbons (Fsp3) is 0.267. The second-order valence-corrected chi connectivity index (χ2v) is 13.2. The van der Waals surface area contributed by atoms with E-state index in [1.165, 1.54) is 29.3 Å². The average molecular weight is 624 g/mol. The van der Waals surface area contributed by atoms with Crippen LogP contribution in [0.2, 0.25) is 0 Å². The molecule has 11 nitrogen and oxygen atoms in total. The molecule has 2 atom stereocenters. The predicted octanol–water partition coefficient (Wildman–Crippen LogP) is 4.05. The van der Waals surface area contributed by atoms with Crippen LogP contribution in [-0.2, 0) is 14.6 Å². The highest BCUT2D eigenvalue weighted by atomic mass is 32.2. The van der Waals surface area contributed by atoms with Crippen LogP contribution >= 0.6 is 11.5 Å². The van der Waals surface area contributed by atoms with Gasteiger partial charge in [0.1, 0.15) is 15.9 Å². The Morgan fingerprint density at radius 2 is 1.74 bits per heavy atom. The normalized spacial score (nSPS) is 14.5. The number of amides is 3. The summed E-state index contributed by atoms with van der Waals surface area (Å²) in [7, 11) is -2.23. The molecule has 1 aliphatic rings. The van der Waals surface area contributed by atoms with Gasteiger partial charge in [-0.2, -0.15) is 0 Å². The first-order valence-electron chi connectivity index (χ1n) is 13.4. The Hall–Kier alpha value is -4.49. The average Bonchev–Trinajstić information content (AvgIpc) is 3.44. The second-order valence-electron chi connectivity index (χ2n) is 10.0. The summed E-state index contributed by atoms with van der Waals surface area (Å²) in [5.41, 5.74) is 0.0773. The van der Waals surface area contributed by atoms with Crippen molar-refractivity contribution in [1.29, 1.82) is 0 Å². The highest BCUT2D eigenvalue weighted by Crippen LogP contribution is 2.38. The lowest BCUT2D eigenvalue weighted by atomic mass is 10.1. The van der Waals surface area contributed by atoms with Crippen molar-refractivity contribution < 1.29 is 32.3 Å². The quantitative estimate of drug-likeness (QED) is 0.261. The number of anilines is 1. The highest BCUT2D eigenvalue weighted by molar-refractivity contribution is 7.90. The molecule has 3 aromatic carbocycles. The van der Waals surface area contributed by atoms with Crippen molar-refractivity contribution in [1.82, 2.24) is 8.86 Å². The molecule has 2 heterocycles. The third-order valence-electron chi connectivity index (χ3n) is 7.09. The van der Waals surface area contributed by atoms with Crippen LogP contribution in [0.3, 0.4) is 0 Å². The SMILES string of the molecule is CCOc1cc([C@@H](CS(C)(=O)=O)N2C(=O)c3cccc(NC(=O)[C@H](C)n4sc5ccccc5c4=O)c3C2=O)ccc1OC. The van der Waals surface area contributed by atoms with Gasteiger partial charge >= 0.3 is 0 Å². The lowest BCUT2D eigenvalue weighted by Gasteiger charge is -2.27. The zero-order valence-corrected chi connectivity index (χ0v) is 25.5. The third kappa shape index (κ3) is 5.65. The molecule has 224 valence electrons. The van der Waals surface area contributed by atoms with Gasteiger partial charge in [0.05, 0.1) is 52.4 Å². The van der Waals surface area contributed by atoms with Gasteiger partial charge < -0.3 is 14.8 Å². The summed E-state index contributed by atoms with van der Waals surface area (Å²) < 4.78 is 38.1. The number of hydrogen-bond donors (Lipinski definition) is 1. The first-order valence-corrected chi connectivity index (χ1v) is 16.2. The van der Waals surface area contributed by atoms with Crippen molar-refractivity contribution in [3.8, 4) is 11.5 Å². The molecule has 0 bridgehead atoms. The van der Waals surface area contributed by atoms with Crippen molar-refractivity contribution in [2.24, 2.45) is 0 Å². The minimum atomic E-state index is -3.69. The van der Waals surface area contributed by atoms with Crippen molar-refractivity contribution in [2.75, 3.05) is 31.0 Å². The number of ether oxygens (including phenoxy) is 2. The molecule has 3 amide bonds. The molecule has 5 rings (SSSR count). The monoisotopic (exact) mass is 623 g/mol. The standard InChI is InChI=1S/C30H29N3O8S2/c1-5-41-24-15-18(13-14-23(24)40-3)22(16-43(4,38)39)32-28(35)20-10-8-11-21(26(20)30(32)37)31-27(34)17(2)33-29(36)19-9-6-7-12-25(19)42-33/h6-15,17,22H,5,16H2,1-4H3,(H,31,34)/t17-,22+/m0/s1. The molecule has 1 aliphatic heterocycles. The first-order chi connectivity index (χ1) is 20.4. The van der Waals surface area contributed by atoms with Gasteiger partial charge in [0.2, 0.25) is 5.91 Å². The van der Waals surface area contributed by atoms with Gasteiger partial charge in [-0.05, 0) is 55.8 Å². The zero-order chi connectivity index (χ0) is 31.1. The Morgan fingerprint density at radius 3 is 2.42 bits per heavy atom. The number of sulfone groups is 1. The fourth-order valence-electron chi connectivity index (χ4n) is 5.05. The van der Waals surface area contributed by atoms with E-state index in [0.717, 1.165) is 27.4 Å². The van der Waals surface area contributed by atoms with Crippen LogP contribution in [0.25, 0.3) is 10.1 Å². The van der Waals surface area contributed by atoms with Crippen LogP contribution < -0.4 is 20.3 Å². The van der Waals surface area contributed by atoms with Gasteiger partial charge in [-0.15, -0.1) is 0 Å². The number of carbonyl (C=O) groups is 3. The van der Waals surface area contributed by atoms with Crippen LogP contribution in [0, 0.1) is 0 Å². The van der Waals surface area contributed by atoms with E-state index in [1.807, 2.05) is 0 Å². The molecule has 13 heteroatoms. The number of nitrogens with one attached hydrogen (secondary N) is 1. The van der Waals surface area contributed by atoms with Crippen molar-refractivity contribution in [3.05, 3.63) is 87.7 Å². The number of fused-ring (bicyclic) bond motifs is 2. The van der Waals surface area contributed by atoms with E-state index in [2.05, 4.69) is 5.32 Å². The maximum absolute atomic E-state index is 13.9. The lowest BCUT2D eigenvalue weighted by Crippen LogP contribution is -2.38. The highest BCUT2D eigenvalue weighted by Gasteiger charge is 2.43. The Kier molecular flexibility index (Phi) is 8.12. The van der Waals surface area contributed by atoms with Gasteiger partial charge in [-0.25, -0.2) is 8.42 Å². The zero-order valence-electron chi connectivity index (χ0n) is 23.8. The Bertz CT molecular complexity index is 1930. The van der Waals surface area contributed by atoms with E-state index in [4.69, 9.17) is 9.47 Å². The minimum Gasteiger partial charge on any atom is -0.493 e. The van der Waals surface area contributed by atoms with E-state index in [0.29, 0.717) is 29.1 Å². The number of methoxy groups -OCH3 is 1. The molecule has 1 N–H and O–H groups in total. The molecule has 0 spiro atoms. The summed E-state index contributed by atoms with van der Waals surface area (Å²) >= 11 is 1.15. The second kappa shape index (κ2) is 11.7. The smallest absolute Gasteiger partial charge is 0.269 e. The van der Waals surface area contributed by atoms with Crippen molar-refractivity contribution in [3.63, 3.8) is 0 Å². The Morgan fingerprint density at radius 1 is 1.00 bits per heavy atom. The number of imide groups is 1. The minimum absolute atomic E-state index is 0.0199. The van der Waals surface area contributed by atoms with Gasteiger partial charge in [0.25, 0.3) is 17.4 Å². The Balaban J connectivity index is 1.50. The number of carbonyl (C=O) groups excluding carboxylic acids is 3. The Labute approximate surface area is 251 Å². The van der Waals surface area contributed by atoms with Crippen LogP contribution in [-0.4, -0.2) is 60.7 Å². The van der Waals surface area contributed by atoms with Crippen LogP contribution in [0.1, 0.15) is 52.2 Å². The van der Waals surface area contributed by atoms with Gasteiger partial charge in [-0.3, -0.25) is 28.0 Å². The first kappa shape index (κ1) is 30.0. The summed E-state index contributed by atoms with van der Waals surface area (Å²) in [5, 5.41) is 3.20. The molecule has 1 aromatic heterocycles. The molecule has 43 heavy (non-hydrogen) atoms. The third-order valence-corrected chi connectivity index (χ3v) is 9.25. The van der Waals surface area contributed by atoms with E-state index in [-0.39, 0.29) is 22.4 Å². The molecule has 0 saturated carbocycles. The number of benzene rings is 3. The molecule has 0 unspecified atom stereocenters. The van der Waals surface area contributed by atoms with E-state index >= 15 is 0 Å². The van der Waals surface area contributed by atoms with Gasteiger partial charge in [-0.1, -0.05) is 35.8 Å². The largest absolute Gasteiger partial charge is 0.493 e. The number of aromatic nitrogens is 1. The summed E-state index contributed by atoms with van der Waals surface area (Å²) in [4.78, 5) is 54.7. The molecule has 0 fully saturated rings. The topological polar surface area (TPSA) is 141 Å². The van der Waals surface area contributed by atoms with Crippen LogP contribution in [0.4, 0.5) is 5.69 Å². The summed E-state index contributed by atoms with van der Waals surface area (Å²) in [6.07, 6.45) is 1.02. The lowest BCUT2D eigenvalue weighted by molar-refractivity contribution is -0.118. The number of hydrogen-bond acceptors (Lipinski definition) is 9. The summed E-state index contributed by atoms with van der Waals surface area (Å²) in [6.45, 7) is 3.65. The van der Waals surface area contributed by atoms with E-state index in [9.17, 15) is 27.6 Å². The summed E-state index contributed by atoms with van der Waals surface area (Å²) in [6, 6.07) is 14.1. The van der Waals surface area contributed by atoms with Crippen LogP contribution in [0.5, 0.6) is 11.5 Å².